The fourth-order valence-corrected chi connectivity index (χ4v) is 5.59. The number of nitrogens with one attached hydrogen (secondary N) is 3. The topological polar surface area (TPSA) is 154 Å². The Bertz CT molecular complexity index is 1510. The summed E-state index contributed by atoms with van der Waals surface area (Å²) in [6, 6.07) is 6.14. The summed E-state index contributed by atoms with van der Waals surface area (Å²) in [6.07, 6.45) is -5.30. The Balaban J connectivity index is 1.82. The summed E-state index contributed by atoms with van der Waals surface area (Å²) < 4.78 is 61.2. The normalized spacial score (nSPS) is 17.3. The number of hydrogen-bond donors (Lipinski definition) is 4. The number of likely N-dealkylation sites (tertiary alicyclic amines) is 1. The van der Waals surface area contributed by atoms with Crippen LogP contribution in [0, 0.1) is 23.0 Å². The SMILES string of the molecule is CC(C)COC(=O)N[C@H](C(=O)N1CC(c2ccccc2)C[C@H]1C(=O)N[C@@H](CC(F)F)C(=O)NCCc1c(F)cc(C(=O)O)cc1F)C(C)(C)C. The molecule has 1 aliphatic heterocycles. The average Bonchev–Trinajstić information content (AvgIpc) is 3.48. The number of alkyl carbamates (subject to hydrolysis) is 1. The lowest BCUT2D eigenvalue weighted by Crippen LogP contribution is -2.59. The van der Waals surface area contributed by atoms with Crippen LogP contribution >= 0.6 is 0 Å². The lowest BCUT2D eigenvalue weighted by atomic mass is 9.85. The number of ether oxygens (including phenoxy) is 1. The van der Waals surface area contributed by atoms with Crippen molar-refractivity contribution in [3.63, 3.8) is 0 Å². The molecule has 0 bridgehead atoms. The molecule has 4 atom stereocenters. The average molecular weight is 709 g/mol. The minimum absolute atomic E-state index is 0.0360. The lowest BCUT2D eigenvalue weighted by molar-refractivity contribution is -0.142. The summed E-state index contributed by atoms with van der Waals surface area (Å²) in [5, 5.41) is 16.2. The number of benzene rings is 2. The Morgan fingerprint density at radius 1 is 1.00 bits per heavy atom. The second-order valence-corrected chi connectivity index (χ2v) is 13.7. The van der Waals surface area contributed by atoms with Gasteiger partial charge in [0.05, 0.1) is 12.2 Å². The monoisotopic (exact) mass is 708 g/mol. The maximum atomic E-state index is 14.4. The first-order valence-electron chi connectivity index (χ1n) is 16.2. The van der Waals surface area contributed by atoms with Gasteiger partial charge in [-0.05, 0) is 41.9 Å². The van der Waals surface area contributed by atoms with Crippen molar-refractivity contribution in [1.82, 2.24) is 20.9 Å². The fraction of sp³-hybridized carbons (Fsp3) is 0.514. The Kier molecular flexibility index (Phi) is 13.8. The van der Waals surface area contributed by atoms with E-state index in [0.717, 1.165) is 5.56 Å². The molecule has 0 aliphatic carbocycles. The van der Waals surface area contributed by atoms with E-state index in [1.165, 1.54) is 4.90 Å². The van der Waals surface area contributed by atoms with Crippen molar-refractivity contribution in [3.8, 4) is 0 Å². The van der Waals surface area contributed by atoms with Crippen LogP contribution in [-0.2, 0) is 25.5 Å². The van der Waals surface area contributed by atoms with Crippen LogP contribution in [0.1, 0.15) is 74.9 Å². The van der Waals surface area contributed by atoms with Gasteiger partial charge in [0, 0.05) is 31.0 Å². The van der Waals surface area contributed by atoms with Gasteiger partial charge in [-0.2, -0.15) is 0 Å². The Morgan fingerprint density at radius 3 is 2.16 bits per heavy atom. The molecule has 1 unspecified atom stereocenters. The molecule has 1 heterocycles. The van der Waals surface area contributed by atoms with E-state index in [2.05, 4.69) is 16.0 Å². The van der Waals surface area contributed by atoms with Crippen LogP contribution in [0.4, 0.5) is 22.4 Å². The van der Waals surface area contributed by atoms with Crippen LogP contribution in [0.15, 0.2) is 42.5 Å². The number of hydrogen-bond acceptors (Lipinski definition) is 6. The number of carboxylic acids is 1. The van der Waals surface area contributed by atoms with Gasteiger partial charge < -0.3 is 30.7 Å². The number of carbonyl (C=O) groups excluding carboxylic acids is 4. The van der Waals surface area contributed by atoms with Gasteiger partial charge >= 0.3 is 12.1 Å². The highest BCUT2D eigenvalue weighted by Gasteiger charge is 2.46. The minimum atomic E-state index is -3.03. The van der Waals surface area contributed by atoms with E-state index in [9.17, 15) is 41.5 Å². The molecule has 1 aliphatic rings. The van der Waals surface area contributed by atoms with E-state index in [4.69, 9.17) is 9.84 Å². The summed E-state index contributed by atoms with van der Waals surface area (Å²) in [7, 11) is 0. The zero-order valence-corrected chi connectivity index (χ0v) is 28.6. The fourth-order valence-electron chi connectivity index (χ4n) is 5.59. The number of amides is 4. The van der Waals surface area contributed by atoms with Crippen molar-refractivity contribution in [2.75, 3.05) is 19.7 Å². The highest BCUT2D eigenvalue weighted by atomic mass is 19.3. The molecular weight excluding hydrogens is 664 g/mol. The maximum Gasteiger partial charge on any atom is 0.407 e. The zero-order valence-electron chi connectivity index (χ0n) is 28.6. The van der Waals surface area contributed by atoms with E-state index in [1.54, 1.807) is 39.0 Å². The Labute approximate surface area is 288 Å². The van der Waals surface area contributed by atoms with E-state index in [1.807, 2.05) is 26.0 Å². The van der Waals surface area contributed by atoms with Crippen molar-refractivity contribution in [3.05, 3.63) is 70.8 Å². The molecular formula is C35H44F4N4O7. The quantitative estimate of drug-likeness (QED) is 0.209. The van der Waals surface area contributed by atoms with Gasteiger partial charge in [0.1, 0.15) is 29.8 Å². The van der Waals surface area contributed by atoms with Crippen molar-refractivity contribution < 1.29 is 51.4 Å². The van der Waals surface area contributed by atoms with Crippen molar-refractivity contribution in [2.24, 2.45) is 11.3 Å². The Morgan fingerprint density at radius 2 is 1.62 bits per heavy atom. The molecule has 4 N–H and O–H groups in total. The number of carboxylic acid groups (broad SMARTS) is 1. The van der Waals surface area contributed by atoms with Crippen molar-refractivity contribution >= 4 is 29.8 Å². The molecule has 2 aromatic rings. The number of carbonyl (C=O) groups is 5. The van der Waals surface area contributed by atoms with Gasteiger partial charge in [-0.1, -0.05) is 65.0 Å². The molecule has 3 rings (SSSR count). The van der Waals surface area contributed by atoms with E-state index in [-0.39, 0.29) is 31.4 Å². The predicted molar refractivity (Wildman–Crippen MR) is 174 cm³/mol. The first-order valence-corrected chi connectivity index (χ1v) is 16.2. The first kappa shape index (κ1) is 39.7. The number of halogens is 4. The molecule has 2 aromatic carbocycles. The van der Waals surface area contributed by atoms with Crippen LogP contribution in [0.2, 0.25) is 0 Å². The van der Waals surface area contributed by atoms with E-state index < -0.39 is 102 Å². The van der Waals surface area contributed by atoms with Gasteiger partial charge in [-0.15, -0.1) is 0 Å². The van der Waals surface area contributed by atoms with Gasteiger partial charge in [-0.25, -0.2) is 27.2 Å². The van der Waals surface area contributed by atoms with Crippen LogP contribution < -0.4 is 16.0 Å². The third kappa shape index (κ3) is 10.9. The predicted octanol–water partition coefficient (Wildman–Crippen LogP) is 4.64. The first-order chi connectivity index (χ1) is 23.4. The van der Waals surface area contributed by atoms with E-state index >= 15 is 0 Å². The molecule has 1 saturated heterocycles. The van der Waals surface area contributed by atoms with Gasteiger partial charge in [-0.3, -0.25) is 14.4 Å². The summed E-state index contributed by atoms with van der Waals surface area (Å²) in [4.78, 5) is 65.9. The second-order valence-electron chi connectivity index (χ2n) is 13.7. The number of aromatic carboxylic acids is 1. The van der Waals surface area contributed by atoms with Crippen LogP contribution in [0.5, 0.6) is 0 Å². The Hall–Kier alpha value is -4.69. The molecule has 0 radical (unpaired) electrons. The van der Waals surface area contributed by atoms with Crippen LogP contribution in [0.25, 0.3) is 0 Å². The lowest BCUT2D eigenvalue weighted by Gasteiger charge is -2.35. The standard InChI is InChI=1S/C35H44F4N4O7/c1-19(2)18-50-34(49)42-29(35(3,4)5)32(46)43-17-22(20-9-7-6-8-10-20)15-27(43)31(45)41-26(16-28(38)39)30(44)40-12-11-23-24(36)13-21(33(47)48)14-25(23)37/h6-10,13-14,19,22,26-29H,11-12,15-18H2,1-5H3,(H,40,44)(H,41,45)(H,42,49)(H,47,48)/t22?,26-,27-,29+/m0/s1. The molecule has 11 nitrogen and oxygen atoms in total. The van der Waals surface area contributed by atoms with Gasteiger partial charge in [0.2, 0.25) is 24.1 Å². The third-order valence-corrected chi connectivity index (χ3v) is 8.19. The number of alkyl halides is 2. The third-order valence-electron chi connectivity index (χ3n) is 8.19. The number of nitrogens with zero attached hydrogens (tertiary/aromatic N) is 1. The molecule has 15 heteroatoms. The maximum absolute atomic E-state index is 14.4. The highest BCUT2D eigenvalue weighted by molar-refractivity contribution is 5.95. The summed E-state index contributed by atoms with van der Waals surface area (Å²) in [5.74, 6) is -6.72. The second kappa shape index (κ2) is 17.3. The molecule has 1 fully saturated rings. The minimum Gasteiger partial charge on any atom is -0.478 e. The summed E-state index contributed by atoms with van der Waals surface area (Å²) in [5.41, 5.74) is -1.16. The summed E-state index contributed by atoms with van der Waals surface area (Å²) in [6.45, 7) is 8.60. The molecule has 0 saturated carbocycles. The van der Waals surface area contributed by atoms with Crippen molar-refractivity contribution in [2.45, 2.75) is 84.4 Å². The molecule has 50 heavy (non-hydrogen) atoms. The molecule has 4 amide bonds. The largest absolute Gasteiger partial charge is 0.478 e. The molecule has 0 aromatic heterocycles. The van der Waals surface area contributed by atoms with Crippen molar-refractivity contribution in [1.29, 1.82) is 0 Å². The molecule has 274 valence electrons. The summed E-state index contributed by atoms with van der Waals surface area (Å²) >= 11 is 0. The zero-order chi connectivity index (χ0) is 37.3. The van der Waals surface area contributed by atoms with Gasteiger partial charge in [0.25, 0.3) is 0 Å². The smallest absolute Gasteiger partial charge is 0.407 e. The highest BCUT2D eigenvalue weighted by Crippen LogP contribution is 2.34. The van der Waals surface area contributed by atoms with Gasteiger partial charge in [0.15, 0.2) is 0 Å². The van der Waals surface area contributed by atoms with Crippen LogP contribution in [-0.4, -0.2) is 84.0 Å². The number of rotatable bonds is 14. The van der Waals surface area contributed by atoms with Crippen LogP contribution in [0.3, 0.4) is 0 Å². The molecule has 0 spiro atoms. The van der Waals surface area contributed by atoms with E-state index in [0.29, 0.717) is 12.1 Å².